The summed E-state index contributed by atoms with van der Waals surface area (Å²) in [4.78, 5) is 37.8. The van der Waals surface area contributed by atoms with Crippen molar-refractivity contribution >= 4 is 44.4 Å². The summed E-state index contributed by atoms with van der Waals surface area (Å²) < 4.78 is 21.7. The molecule has 0 radical (unpaired) electrons. The second-order valence-corrected chi connectivity index (χ2v) is 7.31. The number of carbonyl (C=O) groups is 1. The molecule has 2 aromatic carbocycles. The molecular formula is C19H15BrClFN2O4. The van der Waals surface area contributed by atoms with E-state index in [9.17, 15) is 18.8 Å². The number of hydrogen-bond donors (Lipinski definition) is 0. The molecule has 0 aliphatic heterocycles. The molecule has 0 aliphatic carbocycles. The molecule has 0 amide bonds. The molecule has 28 heavy (non-hydrogen) atoms. The maximum Gasteiger partial charge on any atom is 0.332 e. The van der Waals surface area contributed by atoms with Crippen LogP contribution in [0.15, 0.2) is 50.5 Å². The lowest BCUT2D eigenvalue weighted by Gasteiger charge is -2.14. The van der Waals surface area contributed by atoms with E-state index in [2.05, 4.69) is 15.9 Å². The second kappa shape index (κ2) is 8.28. The molecule has 0 spiro atoms. The Kier molecular flexibility index (Phi) is 6.00. The largest absolute Gasteiger partial charge is 0.465 e. The number of nitrogens with zero attached hydrogens (tertiary/aromatic N) is 2. The summed E-state index contributed by atoms with van der Waals surface area (Å²) in [5.41, 5.74) is -0.952. The van der Waals surface area contributed by atoms with Gasteiger partial charge in [0, 0.05) is 15.1 Å². The molecule has 0 fully saturated rings. The summed E-state index contributed by atoms with van der Waals surface area (Å²) in [5.74, 6) is -1.19. The molecule has 0 N–H and O–H groups in total. The molecule has 0 saturated carbocycles. The first-order chi connectivity index (χ1) is 13.3. The van der Waals surface area contributed by atoms with E-state index >= 15 is 0 Å². The molecule has 3 aromatic rings. The summed E-state index contributed by atoms with van der Waals surface area (Å²) >= 11 is 9.17. The van der Waals surface area contributed by atoms with Gasteiger partial charge in [0.1, 0.15) is 12.4 Å². The van der Waals surface area contributed by atoms with Gasteiger partial charge >= 0.3 is 11.7 Å². The van der Waals surface area contributed by atoms with Gasteiger partial charge in [-0.1, -0.05) is 33.6 Å². The van der Waals surface area contributed by atoms with Crippen LogP contribution in [-0.4, -0.2) is 21.7 Å². The van der Waals surface area contributed by atoms with Crippen molar-refractivity contribution < 1.29 is 13.9 Å². The first kappa shape index (κ1) is 20.3. The molecule has 6 nitrogen and oxygen atoms in total. The van der Waals surface area contributed by atoms with Gasteiger partial charge in [0.05, 0.1) is 24.1 Å². The smallest absolute Gasteiger partial charge is 0.332 e. The summed E-state index contributed by atoms with van der Waals surface area (Å²) in [6, 6.07) is 8.75. The quantitative estimate of drug-likeness (QED) is 0.538. The minimum absolute atomic E-state index is 0.147. The van der Waals surface area contributed by atoms with Gasteiger partial charge in [0.15, 0.2) is 0 Å². The van der Waals surface area contributed by atoms with Crippen molar-refractivity contribution in [3.63, 3.8) is 0 Å². The molecule has 3 rings (SSSR count). The standard InChI is InChI=1S/C19H15BrClFN2O4/c1-2-28-17(25)10-23-16-6-5-13(21)8-14(16)18(26)24(19(23)27)9-11-3-4-12(20)7-15(11)22/h3-8H,2,9-10H2,1H3. The van der Waals surface area contributed by atoms with Crippen molar-refractivity contribution in [3.8, 4) is 0 Å². The van der Waals surface area contributed by atoms with Crippen molar-refractivity contribution in [2.45, 2.75) is 20.0 Å². The Hall–Kier alpha value is -2.45. The van der Waals surface area contributed by atoms with E-state index < -0.39 is 23.0 Å². The fourth-order valence-electron chi connectivity index (χ4n) is 2.84. The zero-order chi connectivity index (χ0) is 20.4. The highest BCUT2D eigenvalue weighted by atomic mass is 79.9. The van der Waals surface area contributed by atoms with Gasteiger partial charge in [-0.15, -0.1) is 0 Å². The van der Waals surface area contributed by atoms with Gasteiger partial charge in [-0.3, -0.25) is 18.7 Å². The molecule has 0 unspecified atom stereocenters. The highest BCUT2D eigenvalue weighted by molar-refractivity contribution is 9.10. The Bertz CT molecular complexity index is 1190. The van der Waals surface area contributed by atoms with Gasteiger partial charge in [-0.25, -0.2) is 9.18 Å². The van der Waals surface area contributed by atoms with Crippen LogP contribution in [0.2, 0.25) is 5.02 Å². The predicted octanol–water partition coefficient (Wildman–Crippen LogP) is 3.33. The monoisotopic (exact) mass is 468 g/mol. The van der Waals surface area contributed by atoms with Crippen LogP contribution in [0.25, 0.3) is 10.9 Å². The maximum atomic E-state index is 14.2. The number of rotatable bonds is 5. The van der Waals surface area contributed by atoms with E-state index in [1.807, 2.05) is 0 Å². The van der Waals surface area contributed by atoms with E-state index in [0.29, 0.717) is 9.50 Å². The van der Waals surface area contributed by atoms with Crippen LogP contribution in [0, 0.1) is 5.82 Å². The van der Waals surface area contributed by atoms with Crippen molar-refractivity contribution in [1.29, 1.82) is 0 Å². The summed E-state index contributed by atoms with van der Waals surface area (Å²) in [5, 5.41) is 0.446. The maximum absolute atomic E-state index is 14.2. The number of carbonyl (C=O) groups excluding carboxylic acids is 1. The molecule has 0 saturated heterocycles. The zero-order valence-electron chi connectivity index (χ0n) is 14.7. The van der Waals surface area contributed by atoms with E-state index in [1.165, 1.54) is 30.3 Å². The fourth-order valence-corrected chi connectivity index (χ4v) is 3.35. The molecule has 146 valence electrons. The average Bonchev–Trinajstić information content (AvgIpc) is 2.64. The number of esters is 1. The first-order valence-corrected chi connectivity index (χ1v) is 9.51. The molecule has 9 heteroatoms. The van der Waals surface area contributed by atoms with E-state index in [-0.39, 0.29) is 36.2 Å². The first-order valence-electron chi connectivity index (χ1n) is 8.34. The third-order valence-corrected chi connectivity index (χ3v) is 4.85. The number of ether oxygens (including phenoxy) is 1. The van der Waals surface area contributed by atoms with Crippen LogP contribution < -0.4 is 11.2 Å². The molecule has 0 atom stereocenters. The molecule has 1 aromatic heterocycles. The minimum Gasteiger partial charge on any atom is -0.465 e. The number of aromatic nitrogens is 2. The lowest BCUT2D eigenvalue weighted by atomic mass is 10.2. The van der Waals surface area contributed by atoms with E-state index in [1.54, 1.807) is 13.0 Å². The molecule has 0 aliphatic rings. The van der Waals surface area contributed by atoms with Crippen LogP contribution >= 0.6 is 27.5 Å². The van der Waals surface area contributed by atoms with Gasteiger partial charge in [0.2, 0.25) is 0 Å². The molecule has 0 bridgehead atoms. The number of benzene rings is 2. The summed E-state index contributed by atoms with van der Waals surface area (Å²) in [7, 11) is 0. The van der Waals surface area contributed by atoms with E-state index in [4.69, 9.17) is 16.3 Å². The Balaban J connectivity index is 2.23. The van der Waals surface area contributed by atoms with Crippen molar-refractivity contribution in [1.82, 2.24) is 9.13 Å². The van der Waals surface area contributed by atoms with Gasteiger partial charge < -0.3 is 4.74 Å². The Morgan fingerprint density at radius 1 is 1.18 bits per heavy atom. The van der Waals surface area contributed by atoms with Crippen molar-refractivity contribution in [2.24, 2.45) is 0 Å². The summed E-state index contributed by atoms with van der Waals surface area (Å²) in [6.07, 6.45) is 0. The fraction of sp³-hybridized carbons (Fsp3) is 0.211. The highest BCUT2D eigenvalue weighted by Crippen LogP contribution is 2.18. The topological polar surface area (TPSA) is 70.3 Å². The molecular weight excluding hydrogens is 455 g/mol. The minimum atomic E-state index is -0.741. The average molecular weight is 470 g/mol. The molecule has 1 heterocycles. The third-order valence-electron chi connectivity index (χ3n) is 4.12. The third kappa shape index (κ3) is 4.02. The van der Waals surface area contributed by atoms with Crippen molar-refractivity contribution in [2.75, 3.05) is 6.61 Å². The van der Waals surface area contributed by atoms with Crippen LogP contribution in [0.4, 0.5) is 4.39 Å². The van der Waals surface area contributed by atoms with Crippen molar-refractivity contribution in [3.05, 3.63) is 78.1 Å². The Morgan fingerprint density at radius 3 is 2.61 bits per heavy atom. The summed E-state index contributed by atoms with van der Waals surface area (Å²) in [6.45, 7) is 1.13. The Labute approximate surface area is 172 Å². The van der Waals surface area contributed by atoms with Crippen LogP contribution in [0.1, 0.15) is 12.5 Å². The van der Waals surface area contributed by atoms with Crippen LogP contribution in [0.5, 0.6) is 0 Å². The van der Waals surface area contributed by atoms with Gasteiger partial charge in [0.25, 0.3) is 5.56 Å². The van der Waals surface area contributed by atoms with Gasteiger partial charge in [-0.2, -0.15) is 0 Å². The van der Waals surface area contributed by atoms with Crippen LogP contribution in [-0.2, 0) is 22.6 Å². The van der Waals surface area contributed by atoms with Gasteiger partial charge in [-0.05, 0) is 37.3 Å². The highest BCUT2D eigenvalue weighted by Gasteiger charge is 2.17. The Morgan fingerprint density at radius 2 is 1.93 bits per heavy atom. The van der Waals surface area contributed by atoms with E-state index in [0.717, 1.165) is 9.13 Å². The number of hydrogen-bond acceptors (Lipinski definition) is 4. The predicted molar refractivity (Wildman–Crippen MR) is 107 cm³/mol. The lowest BCUT2D eigenvalue weighted by Crippen LogP contribution is -2.41. The number of halogens is 3. The SMILES string of the molecule is CCOC(=O)Cn1c(=O)n(Cc2ccc(Br)cc2F)c(=O)c2cc(Cl)ccc21. The second-order valence-electron chi connectivity index (χ2n) is 5.96. The lowest BCUT2D eigenvalue weighted by molar-refractivity contribution is -0.143. The number of fused-ring (bicyclic) bond motifs is 1. The normalized spacial score (nSPS) is 11.0. The van der Waals surface area contributed by atoms with Crippen LogP contribution in [0.3, 0.4) is 0 Å². The zero-order valence-corrected chi connectivity index (χ0v) is 17.1.